The van der Waals surface area contributed by atoms with E-state index in [1.165, 1.54) is 6.07 Å². The van der Waals surface area contributed by atoms with Gasteiger partial charge < -0.3 is 9.26 Å². The molecule has 6 heteroatoms. The van der Waals surface area contributed by atoms with E-state index in [0.29, 0.717) is 42.0 Å². The molecule has 0 aliphatic carbocycles. The molecule has 118 valence electrons. The summed E-state index contributed by atoms with van der Waals surface area (Å²) in [7, 11) is 0. The molecule has 1 aromatic heterocycles. The second-order valence-electron chi connectivity index (χ2n) is 5.90. The van der Waals surface area contributed by atoms with E-state index in [4.69, 9.17) is 9.26 Å². The summed E-state index contributed by atoms with van der Waals surface area (Å²) in [4.78, 5) is 6.63. The molecule has 2 atom stereocenters. The molecule has 0 spiro atoms. The van der Waals surface area contributed by atoms with Crippen LogP contribution in [-0.2, 0) is 11.3 Å². The van der Waals surface area contributed by atoms with Crippen LogP contribution in [-0.4, -0.2) is 40.3 Å². The Kier molecular flexibility index (Phi) is 4.22. The maximum atomic E-state index is 13.6. The largest absolute Gasteiger partial charge is 0.376 e. The van der Waals surface area contributed by atoms with Crippen molar-refractivity contribution >= 4 is 0 Å². The maximum Gasteiger partial charge on any atom is 0.241 e. The second-order valence-corrected chi connectivity index (χ2v) is 5.90. The van der Waals surface area contributed by atoms with E-state index >= 15 is 0 Å². The van der Waals surface area contributed by atoms with E-state index in [1.807, 2.05) is 6.92 Å². The fourth-order valence-electron chi connectivity index (χ4n) is 2.53. The van der Waals surface area contributed by atoms with Gasteiger partial charge in [-0.05, 0) is 32.4 Å². The molecule has 0 bridgehead atoms. The predicted octanol–water partition coefficient (Wildman–Crippen LogP) is 2.79. The van der Waals surface area contributed by atoms with Crippen molar-refractivity contribution in [3.63, 3.8) is 0 Å². The number of ether oxygens (including phenoxy) is 1. The van der Waals surface area contributed by atoms with Gasteiger partial charge in [0.25, 0.3) is 0 Å². The van der Waals surface area contributed by atoms with E-state index in [9.17, 15) is 4.39 Å². The van der Waals surface area contributed by atoms with Gasteiger partial charge in [-0.25, -0.2) is 4.39 Å². The molecule has 2 aromatic rings. The molecular formula is C16H20FN3O2. The van der Waals surface area contributed by atoms with Crippen molar-refractivity contribution in [3.05, 3.63) is 35.5 Å². The molecule has 0 amide bonds. The topological polar surface area (TPSA) is 51.4 Å². The normalized spacial score (nSPS) is 22.9. The lowest BCUT2D eigenvalue weighted by Crippen LogP contribution is -2.46. The summed E-state index contributed by atoms with van der Waals surface area (Å²) in [5.74, 6) is 0.694. The average Bonchev–Trinajstić information content (AvgIpc) is 2.94. The van der Waals surface area contributed by atoms with Gasteiger partial charge in [-0.15, -0.1) is 0 Å². The first-order chi connectivity index (χ1) is 10.5. The van der Waals surface area contributed by atoms with Gasteiger partial charge in [0.2, 0.25) is 11.7 Å². The van der Waals surface area contributed by atoms with Crippen molar-refractivity contribution in [2.75, 3.05) is 13.2 Å². The number of nitrogens with zero attached hydrogens (tertiary/aromatic N) is 3. The molecule has 3 rings (SSSR count). The van der Waals surface area contributed by atoms with Crippen LogP contribution in [0.3, 0.4) is 0 Å². The molecule has 1 saturated heterocycles. The maximum absolute atomic E-state index is 13.6. The van der Waals surface area contributed by atoms with Gasteiger partial charge in [0, 0.05) is 18.2 Å². The Hall–Kier alpha value is -1.79. The molecule has 0 N–H and O–H groups in total. The number of morpholine rings is 1. The first-order valence-corrected chi connectivity index (χ1v) is 7.47. The Labute approximate surface area is 129 Å². The Bertz CT molecular complexity index is 659. The van der Waals surface area contributed by atoms with Crippen LogP contribution in [0.5, 0.6) is 0 Å². The Morgan fingerprint density at radius 3 is 2.95 bits per heavy atom. The highest BCUT2D eigenvalue weighted by atomic mass is 19.1. The first kappa shape index (κ1) is 15.1. The van der Waals surface area contributed by atoms with Crippen molar-refractivity contribution in [1.29, 1.82) is 0 Å². The van der Waals surface area contributed by atoms with E-state index < -0.39 is 0 Å². The fraction of sp³-hybridized carbons (Fsp3) is 0.500. The lowest BCUT2D eigenvalue weighted by atomic mass is 10.1. The first-order valence-electron chi connectivity index (χ1n) is 7.47. The van der Waals surface area contributed by atoms with Crippen molar-refractivity contribution in [2.24, 2.45) is 0 Å². The summed E-state index contributed by atoms with van der Waals surface area (Å²) in [6.45, 7) is 7.99. The molecule has 1 aliphatic rings. The number of aromatic nitrogens is 2. The van der Waals surface area contributed by atoms with Gasteiger partial charge in [-0.2, -0.15) is 4.98 Å². The zero-order valence-electron chi connectivity index (χ0n) is 13.0. The third-order valence-corrected chi connectivity index (χ3v) is 3.97. The molecule has 2 unspecified atom stereocenters. The van der Waals surface area contributed by atoms with Gasteiger partial charge in [-0.1, -0.05) is 17.3 Å². The van der Waals surface area contributed by atoms with Crippen molar-refractivity contribution < 1.29 is 13.7 Å². The minimum absolute atomic E-state index is 0.199. The van der Waals surface area contributed by atoms with Crippen LogP contribution in [0.1, 0.15) is 25.3 Å². The summed E-state index contributed by atoms with van der Waals surface area (Å²) in [5, 5.41) is 3.96. The quantitative estimate of drug-likeness (QED) is 0.873. The number of benzene rings is 1. The SMILES string of the molecule is Cc1ccc(-c2noc(CN3CC(C)OCC3C)n2)cc1F. The molecule has 1 fully saturated rings. The van der Waals surface area contributed by atoms with Crippen LogP contribution in [0.4, 0.5) is 4.39 Å². The number of aryl methyl sites for hydroxylation is 1. The van der Waals surface area contributed by atoms with Gasteiger partial charge >= 0.3 is 0 Å². The standard InChI is InChI=1S/C16H20FN3O2/c1-10-4-5-13(6-14(10)17)16-18-15(22-19-16)8-20-7-12(3)21-9-11(20)2/h4-6,11-12H,7-9H2,1-3H3. The highest BCUT2D eigenvalue weighted by Crippen LogP contribution is 2.20. The molecule has 22 heavy (non-hydrogen) atoms. The predicted molar refractivity (Wildman–Crippen MR) is 79.7 cm³/mol. The fourth-order valence-corrected chi connectivity index (χ4v) is 2.53. The smallest absolute Gasteiger partial charge is 0.241 e. The minimum Gasteiger partial charge on any atom is -0.376 e. The Morgan fingerprint density at radius 2 is 2.18 bits per heavy atom. The second kappa shape index (κ2) is 6.14. The summed E-state index contributed by atoms with van der Waals surface area (Å²) in [6, 6.07) is 5.26. The monoisotopic (exact) mass is 305 g/mol. The summed E-state index contributed by atoms with van der Waals surface area (Å²) < 4.78 is 24.5. The molecule has 1 aromatic carbocycles. The number of rotatable bonds is 3. The van der Waals surface area contributed by atoms with Crippen molar-refractivity contribution in [3.8, 4) is 11.4 Å². The van der Waals surface area contributed by atoms with Crippen LogP contribution in [0, 0.1) is 12.7 Å². The zero-order valence-corrected chi connectivity index (χ0v) is 13.0. The number of halogens is 1. The van der Waals surface area contributed by atoms with E-state index in [0.717, 1.165) is 6.54 Å². The van der Waals surface area contributed by atoms with E-state index in [1.54, 1.807) is 19.1 Å². The van der Waals surface area contributed by atoms with Crippen LogP contribution < -0.4 is 0 Å². The van der Waals surface area contributed by atoms with Crippen LogP contribution in [0.15, 0.2) is 22.7 Å². The van der Waals surface area contributed by atoms with Gasteiger partial charge in [0.05, 0.1) is 19.3 Å². The Balaban J connectivity index is 1.74. The van der Waals surface area contributed by atoms with Gasteiger partial charge in [0.15, 0.2) is 0 Å². The van der Waals surface area contributed by atoms with Gasteiger partial charge in [0.1, 0.15) is 5.82 Å². The molecule has 0 radical (unpaired) electrons. The summed E-state index contributed by atoms with van der Waals surface area (Å²) in [5.41, 5.74) is 1.23. The molecular weight excluding hydrogens is 285 g/mol. The third kappa shape index (κ3) is 3.18. The van der Waals surface area contributed by atoms with E-state index in [2.05, 4.69) is 22.0 Å². The Morgan fingerprint density at radius 1 is 1.36 bits per heavy atom. The minimum atomic E-state index is -0.264. The highest BCUT2D eigenvalue weighted by Gasteiger charge is 2.25. The molecule has 5 nitrogen and oxygen atoms in total. The lowest BCUT2D eigenvalue weighted by Gasteiger charge is -2.35. The van der Waals surface area contributed by atoms with Crippen molar-refractivity contribution in [2.45, 2.75) is 39.5 Å². The summed E-state index contributed by atoms with van der Waals surface area (Å²) in [6.07, 6.45) is 0.199. The summed E-state index contributed by atoms with van der Waals surface area (Å²) >= 11 is 0. The average molecular weight is 305 g/mol. The number of hydrogen-bond acceptors (Lipinski definition) is 5. The molecule has 1 aliphatic heterocycles. The van der Waals surface area contributed by atoms with E-state index in [-0.39, 0.29) is 11.9 Å². The molecule has 0 saturated carbocycles. The van der Waals surface area contributed by atoms with Gasteiger partial charge in [-0.3, -0.25) is 4.90 Å². The molecule has 2 heterocycles. The van der Waals surface area contributed by atoms with Crippen LogP contribution in [0.2, 0.25) is 0 Å². The lowest BCUT2D eigenvalue weighted by molar-refractivity contribution is -0.0555. The van der Waals surface area contributed by atoms with Crippen LogP contribution >= 0.6 is 0 Å². The highest BCUT2D eigenvalue weighted by molar-refractivity contribution is 5.54. The zero-order chi connectivity index (χ0) is 15.7. The third-order valence-electron chi connectivity index (χ3n) is 3.97. The van der Waals surface area contributed by atoms with Crippen LogP contribution in [0.25, 0.3) is 11.4 Å². The van der Waals surface area contributed by atoms with Crippen molar-refractivity contribution in [1.82, 2.24) is 15.0 Å². The number of hydrogen-bond donors (Lipinski definition) is 0.